The van der Waals surface area contributed by atoms with Crippen LogP contribution in [0.4, 0.5) is 5.82 Å². The van der Waals surface area contributed by atoms with E-state index in [1.54, 1.807) is 18.3 Å². The number of aryl methyl sites for hydroxylation is 1. The first-order valence-electron chi connectivity index (χ1n) is 17.6. The second-order valence-corrected chi connectivity index (χ2v) is 14.0. The standard InChI is InChI=1S/C39H51N3O7/c1-49-34-22-27(12-13-33(46)37(48)32(45)11-3-8-25-6-2-7-26(20-25)9-5-19-43)21-31(36(34)47)35-29-15-18-42-38(40)30(29)14-16-39(35,24-44)23-28-10-4-17-41-28/h4,10,14-18,21-22,25-26,35,37,41,43-44,47-48H,2-3,5-9,11-13,19-20,23-24H2,1H3,(H2,40,42)/t25-,26-,35+,37-,39+/m1/s1. The number of rotatable bonds is 17. The number of ether oxygens (including phenoxy) is 1. The molecule has 5 rings (SSSR count). The number of carbonyl (C=O) groups excluding carboxylic acids is 2. The molecule has 1 saturated carbocycles. The molecule has 10 nitrogen and oxygen atoms in total. The monoisotopic (exact) mass is 673 g/mol. The van der Waals surface area contributed by atoms with Gasteiger partial charge in [-0.25, -0.2) is 4.98 Å². The molecule has 10 heteroatoms. The van der Waals surface area contributed by atoms with E-state index in [0.717, 1.165) is 43.4 Å². The van der Waals surface area contributed by atoms with E-state index in [1.807, 2.05) is 36.5 Å². The van der Waals surface area contributed by atoms with Crippen LogP contribution in [0.1, 0.15) is 98.1 Å². The van der Waals surface area contributed by atoms with Crippen LogP contribution < -0.4 is 10.5 Å². The number of nitrogens with one attached hydrogen (secondary N) is 1. The van der Waals surface area contributed by atoms with Crippen LogP contribution in [-0.2, 0) is 22.4 Å². The molecule has 0 saturated heterocycles. The number of nitrogen functional groups attached to an aromatic ring is 1. The Kier molecular flexibility index (Phi) is 12.3. The zero-order valence-electron chi connectivity index (χ0n) is 28.4. The summed E-state index contributed by atoms with van der Waals surface area (Å²) in [7, 11) is 1.45. The minimum absolute atomic E-state index is 0.0684. The lowest BCUT2D eigenvalue weighted by atomic mass is 9.63. The van der Waals surface area contributed by atoms with Gasteiger partial charge in [0.15, 0.2) is 29.2 Å². The summed E-state index contributed by atoms with van der Waals surface area (Å²) in [6.07, 6.45) is 14.3. The molecule has 264 valence electrons. The van der Waals surface area contributed by atoms with E-state index in [1.165, 1.54) is 20.0 Å². The number of H-pyrrole nitrogens is 1. The highest BCUT2D eigenvalue weighted by Gasteiger charge is 2.44. The Balaban J connectivity index is 1.30. The van der Waals surface area contributed by atoms with Crippen LogP contribution in [0.25, 0.3) is 6.08 Å². The Labute approximate surface area is 288 Å². The van der Waals surface area contributed by atoms with Gasteiger partial charge in [-0.05, 0) is 85.8 Å². The number of methoxy groups -OCH3 is 1. The van der Waals surface area contributed by atoms with Gasteiger partial charge in [-0.2, -0.15) is 0 Å². The van der Waals surface area contributed by atoms with E-state index in [0.29, 0.717) is 47.2 Å². The maximum Gasteiger partial charge on any atom is 0.170 e. The first-order valence-corrected chi connectivity index (χ1v) is 17.6. The molecule has 0 amide bonds. The number of nitrogens with two attached hydrogens (primary N) is 1. The van der Waals surface area contributed by atoms with E-state index in [9.17, 15) is 24.9 Å². The zero-order chi connectivity index (χ0) is 35.0. The largest absolute Gasteiger partial charge is 0.504 e. The molecule has 0 aliphatic heterocycles. The molecule has 3 aromatic rings. The number of phenols is 1. The van der Waals surface area contributed by atoms with Crippen molar-refractivity contribution in [3.05, 3.63) is 76.7 Å². The third-order valence-corrected chi connectivity index (χ3v) is 10.7. The van der Waals surface area contributed by atoms with Crippen LogP contribution in [-0.4, -0.2) is 68.4 Å². The number of hydrogen-bond acceptors (Lipinski definition) is 9. The predicted molar refractivity (Wildman–Crippen MR) is 188 cm³/mol. The molecule has 7 N–H and O–H groups in total. The lowest BCUT2D eigenvalue weighted by Gasteiger charge is -2.41. The Hall–Kier alpha value is -3.99. The number of Topliss-reactive ketones (excluding diaryl/α,β-unsaturated/α-hetero) is 2. The van der Waals surface area contributed by atoms with Gasteiger partial charge >= 0.3 is 0 Å². The van der Waals surface area contributed by atoms with Crippen molar-refractivity contribution >= 4 is 23.5 Å². The molecule has 49 heavy (non-hydrogen) atoms. The molecule has 2 aromatic heterocycles. The number of anilines is 1. The fraction of sp³-hybridized carbons (Fsp3) is 0.513. The highest BCUT2D eigenvalue weighted by atomic mass is 16.5. The maximum absolute atomic E-state index is 13.1. The summed E-state index contributed by atoms with van der Waals surface area (Å²) in [5, 5.41) is 42.3. The van der Waals surface area contributed by atoms with Gasteiger partial charge in [-0.1, -0.05) is 43.9 Å². The number of aliphatic hydroxyl groups excluding tert-OH is 3. The summed E-state index contributed by atoms with van der Waals surface area (Å²) >= 11 is 0. The molecule has 2 heterocycles. The van der Waals surface area contributed by atoms with E-state index >= 15 is 0 Å². The van der Waals surface area contributed by atoms with Gasteiger partial charge < -0.3 is 35.9 Å². The zero-order valence-corrected chi connectivity index (χ0v) is 28.4. The number of nitrogens with zero attached hydrogens (tertiary/aromatic N) is 1. The third kappa shape index (κ3) is 8.43. The van der Waals surface area contributed by atoms with Gasteiger partial charge in [0.2, 0.25) is 0 Å². The highest BCUT2D eigenvalue weighted by molar-refractivity contribution is 6.05. The Morgan fingerprint density at radius 3 is 2.53 bits per heavy atom. The van der Waals surface area contributed by atoms with Crippen molar-refractivity contribution in [3.8, 4) is 11.5 Å². The lowest BCUT2D eigenvalue weighted by molar-refractivity contribution is -0.138. The quantitative estimate of drug-likeness (QED) is 0.104. The molecule has 2 aliphatic carbocycles. The van der Waals surface area contributed by atoms with Gasteiger partial charge in [0.05, 0.1) is 13.7 Å². The van der Waals surface area contributed by atoms with Crippen molar-refractivity contribution in [3.63, 3.8) is 0 Å². The van der Waals surface area contributed by atoms with E-state index in [-0.39, 0.29) is 44.0 Å². The number of phenolic OH excluding ortho intramolecular Hbond substituents is 1. The van der Waals surface area contributed by atoms with Crippen LogP contribution in [0.15, 0.2) is 48.8 Å². The van der Waals surface area contributed by atoms with Gasteiger partial charge in [-0.15, -0.1) is 0 Å². The van der Waals surface area contributed by atoms with Crippen molar-refractivity contribution in [2.24, 2.45) is 17.3 Å². The molecular weight excluding hydrogens is 622 g/mol. The number of carbonyl (C=O) groups is 2. The number of aromatic hydroxyl groups is 1. The third-order valence-electron chi connectivity index (χ3n) is 10.7. The molecule has 2 aliphatic rings. The van der Waals surface area contributed by atoms with E-state index in [2.05, 4.69) is 9.97 Å². The highest BCUT2D eigenvalue weighted by Crippen LogP contribution is 2.53. The normalized spacial score (nSPS) is 22.4. The number of aliphatic hydroxyl groups is 3. The number of aromatic nitrogens is 2. The average Bonchev–Trinajstić information content (AvgIpc) is 3.63. The molecule has 1 aromatic carbocycles. The van der Waals surface area contributed by atoms with Gasteiger partial charge in [0.25, 0.3) is 0 Å². The SMILES string of the molecule is COc1cc(CCC(=O)[C@H](O)C(=O)CCC[C@H]2CCC[C@H](CCCO)C2)cc([C@@H]2c3ccnc(N)c3C=C[C@@]2(CO)Cc2ccc[nH]2)c1O. The number of pyridine rings is 1. The minimum Gasteiger partial charge on any atom is -0.504 e. The summed E-state index contributed by atoms with van der Waals surface area (Å²) in [5.41, 5.74) is 8.98. The summed E-state index contributed by atoms with van der Waals surface area (Å²) in [6, 6.07) is 9.14. The first-order chi connectivity index (χ1) is 23.7. The van der Waals surface area contributed by atoms with Crippen LogP contribution in [0, 0.1) is 17.3 Å². The van der Waals surface area contributed by atoms with Crippen LogP contribution in [0.2, 0.25) is 0 Å². The number of fused-ring (bicyclic) bond motifs is 1. The van der Waals surface area contributed by atoms with Crippen molar-refractivity contribution in [2.75, 3.05) is 26.1 Å². The van der Waals surface area contributed by atoms with E-state index in [4.69, 9.17) is 15.6 Å². The average molecular weight is 674 g/mol. The topological polar surface area (TPSA) is 179 Å². The molecule has 0 unspecified atom stereocenters. The molecule has 0 bridgehead atoms. The van der Waals surface area contributed by atoms with Crippen molar-refractivity contribution in [1.29, 1.82) is 0 Å². The smallest absolute Gasteiger partial charge is 0.170 e. The van der Waals surface area contributed by atoms with Crippen molar-refractivity contribution in [1.82, 2.24) is 9.97 Å². The van der Waals surface area contributed by atoms with Gasteiger partial charge in [-0.3, -0.25) is 9.59 Å². The number of hydrogen-bond donors (Lipinski definition) is 6. The van der Waals surface area contributed by atoms with Crippen molar-refractivity contribution in [2.45, 2.75) is 89.1 Å². The van der Waals surface area contributed by atoms with Crippen LogP contribution >= 0.6 is 0 Å². The summed E-state index contributed by atoms with van der Waals surface area (Å²) in [4.78, 5) is 33.4. The second-order valence-electron chi connectivity index (χ2n) is 14.0. The Morgan fingerprint density at radius 2 is 1.84 bits per heavy atom. The number of benzene rings is 1. The van der Waals surface area contributed by atoms with E-state index < -0.39 is 29.0 Å². The van der Waals surface area contributed by atoms with Gasteiger partial charge in [0, 0.05) is 60.0 Å². The van der Waals surface area contributed by atoms with Gasteiger partial charge in [0.1, 0.15) is 5.82 Å². The Morgan fingerprint density at radius 1 is 1.08 bits per heavy atom. The number of aromatic amines is 1. The summed E-state index contributed by atoms with van der Waals surface area (Å²) in [6.45, 7) is -0.0131. The molecule has 1 fully saturated rings. The molecule has 0 spiro atoms. The Bertz CT molecular complexity index is 1600. The fourth-order valence-electron chi connectivity index (χ4n) is 8.06. The fourth-order valence-corrected chi connectivity index (χ4v) is 8.06. The maximum atomic E-state index is 13.1. The van der Waals surface area contributed by atoms with Crippen LogP contribution in [0.5, 0.6) is 11.5 Å². The second kappa shape index (κ2) is 16.6. The van der Waals surface area contributed by atoms with Crippen LogP contribution in [0.3, 0.4) is 0 Å². The number of ketones is 2. The van der Waals surface area contributed by atoms with Crippen molar-refractivity contribution < 1.29 is 34.8 Å². The molecule has 5 atom stereocenters. The summed E-state index contributed by atoms with van der Waals surface area (Å²) in [5.74, 6) is 0.0842. The predicted octanol–water partition coefficient (Wildman–Crippen LogP) is 5.27. The minimum atomic E-state index is -1.67. The first kappa shape index (κ1) is 36.3. The molecule has 0 radical (unpaired) electrons. The lowest BCUT2D eigenvalue weighted by Crippen LogP contribution is -2.36. The molecular formula is C39H51N3O7. The summed E-state index contributed by atoms with van der Waals surface area (Å²) < 4.78 is 5.58.